The van der Waals surface area contributed by atoms with Crippen molar-refractivity contribution in [3.05, 3.63) is 35.8 Å². The van der Waals surface area contributed by atoms with E-state index in [0.29, 0.717) is 6.04 Å². The van der Waals surface area contributed by atoms with E-state index in [-0.39, 0.29) is 6.10 Å². The molecule has 3 rings (SSSR count). The topological polar surface area (TPSA) is 56.3 Å². The minimum atomic E-state index is 0.131. The first-order valence-electron chi connectivity index (χ1n) is 8.40. The van der Waals surface area contributed by atoms with E-state index in [4.69, 9.17) is 9.15 Å². The lowest BCUT2D eigenvalue weighted by atomic mass is 10.1. The summed E-state index contributed by atoms with van der Waals surface area (Å²) in [6.45, 7) is 6.60. The zero-order valence-electron chi connectivity index (χ0n) is 14.2. The van der Waals surface area contributed by atoms with Gasteiger partial charge in [0.05, 0.1) is 13.1 Å². The van der Waals surface area contributed by atoms with Crippen LogP contribution in [0.5, 0.6) is 0 Å². The van der Waals surface area contributed by atoms with Crippen molar-refractivity contribution in [1.29, 1.82) is 0 Å². The van der Waals surface area contributed by atoms with E-state index < -0.39 is 0 Å². The van der Waals surface area contributed by atoms with Crippen LogP contribution in [0.4, 0.5) is 0 Å². The van der Waals surface area contributed by atoms with Gasteiger partial charge in [-0.2, -0.15) is 0 Å². The number of nitrogens with zero attached hydrogens (tertiary/aromatic N) is 4. The van der Waals surface area contributed by atoms with E-state index in [2.05, 4.69) is 52.7 Å². The number of ether oxygens (including phenoxy) is 1. The lowest BCUT2D eigenvalue weighted by Crippen LogP contribution is -2.20. The Morgan fingerprint density at radius 1 is 1.30 bits per heavy atom. The van der Waals surface area contributed by atoms with Crippen LogP contribution in [-0.2, 0) is 17.8 Å². The first kappa shape index (κ1) is 16.2. The zero-order valence-corrected chi connectivity index (χ0v) is 14.2. The van der Waals surface area contributed by atoms with Crippen LogP contribution in [0.3, 0.4) is 0 Å². The van der Waals surface area contributed by atoms with Gasteiger partial charge >= 0.3 is 0 Å². The van der Waals surface area contributed by atoms with Crippen molar-refractivity contribution in [2.45, 2.75) is 58.3 Å². The molecule has 0 aromatic carbocycles. The van der Waals surface area contributed by atoms with Gasteiger partial charge < -0.3 is 13.7 Å². The Morgan fingerprint density at radius 3 is 2.91 bits per heavy atom. The van der Waals surface area contributed by atoms with Crippen LogP contribution in [0.1, 0.15) is 62.6 Å². The van der Waals surface area contributed by atoms with Crippen molar-refractivity contribution >= 4 is 0 Å². The maximum atomic E-state index is 5.98. The van der Waals surface area contributed by atoms with Crippen LogP contribution in [0.25, 0.3) is 0 Å². The molecule has 6 heteroatoms. The summed E-state index contributed by atoms with van der Waals surface area (Å²) in [5, 5.41) is 8.23. The molecule has 0 aliphatic carbocycles. The summed E-state index contributed by atoms with van der Waals surface area (Å²) >= 11 is 0. The van der Waals surface area contributed by atoms with Gasteiger partial charge in [-0.1, -0.05) is 0 Å². The lowest BCUT2D eigenvalue weighted by Gasteiger charge is -2.20. The summed E-state index contributed by atoms with van der Waals surface area (Å²) in [6.07, 6.45) is 5.35. The Hall–Kier alpha value is -1.66. The maximum absolute atomic E-state index is 5.98. The van der Waals surface area contributed by atoms with Gasteiger partial charge in [0.2, 0.25) is 0 Å². The summed E-state index contributed by atoms with van der Waals surface area (Å²) in [7, 11) is 2.07. The molecular formula is C17H26N4O2. The Morgan fingerprint density at radius 2 is 2.17 bits per heavy atom. The largest absolute Gasteiger partial charge is 0.462 e. The molecule has 1 aliphatic heterocycles. The molecular weight excluding hydrogens is 292 g/mol. The smallest absolute Gasteiger partial charge is 0.147 e. The highest BCUT2D eigenvalue weighted by Gasteiger charge is 2.20. The molecule has 1 fully saturated rings. The summed E-state index contributed by atoms with van der Waals surface area (Å²) < 4.78 is 13.9. The Labute approximate surface area is 137 Å². The van der Waals surface area contributed by atoms with E-state index >= 15 is 0 Å². The average Bonchev–Trinajstić information content (AvgIpc) is 3.17. The van der Waals surface area contributed by atoms with Crippen LogP contribution >= 0.6 is 0 Å². The van der Waals surface area contributed by atoms with Gasteiger partial charge in [0.25, 0.3) is 0 Å². The van der Waals surface area contributed by atoms with Crippen molar-refractivity contribution in [2.75, 3.05) is 13.7 Å². The standard InChI is InChI=1S/C17H26N4O2/c1-13(2)21-12-18-19-17(21)11-20(3)10-14-7-8-16(23-14)15-6-4-5-9-22-15/h7-8,12-13,15H,4-6,9-11H2,1-3H3/t15-/m0/s1. The fourth-order valence-electron chi connectivity index (χ4n) is 2.99. The zero-order chi connectivity index (χ0) is 16.2. The molecule has 23 heavy (non-hydrogen) atoms. The highest BCUT2D eigenvalue weighted by atomic mass is 16.5. The average molecular weight is 318 g/mol. The molecule has 1 aliphatic rings. The van der Waals surface area contributed by atoms with E-state index in [1.54, 1.807) is 6.33 Å². The lowest BCUT2D eigenvalue weighted by molar-refractivity contribution is 0.000897. The SMILES string of the molecule is CC(C)n1cnnc1CN(C)Cc1ccc([C@@H]2CCCCO2)o1. The monoisotopic (exact) mass is 318 g/mol. The first-order chi connectivity index (χ1) is 11.1. The third-order valence-electron chi connectivity index (χ3n) is 4.22. The van der Waals surface area contributed by atoms with Gasteiger partial charge in [0, 0.05) is 12.6 Å². The molecule has 0 spiro atoms. The summed E-state index contributed by atoms with van der Waals surface area (Å²) in [6, 6.07) is 4.47. The van der Waals surface area contributed by atoms with Crippen molar-refractivity contribution in [3.63, 3.8) is 0 Å². The molecule has 1 atom stereocenters. The molecule has 0 unspecified atom stereocenters. The minimum absolute atomic E-state index is 0.131. The number of hydrogen-bond acceptors (Lipinski definition) is 5. The molecule has 1 saturated heterocycles. The van der Waals surface area contributed by atoms with Crippen LogP contribution in [0, 0.1) is 0 Å². The van der Waals surface area contributed by atoms with Gasteiger partial charge in [0.1, 0.15) is 29.8 Å². The van der Waals surface area contributed by atoms with Crippen LogP contribution in [-0.4, -0.2) is 33.3 Å². The molecule has 0 radical (unpaired) electrons. The van der Waals surface area contributed by atoms with E-state index in [0.717, 1.165) is 49.9 Å². The molecule has 0 amide bonds. The van der Waals surface area contributed by atoms with Gasteiger partial charge in [-0.3, -0.25) is 4.90 Å². The van der Waals surface area contributed by atoms with Crippen molar-refractivity contribution in [3.8, 4) is 0 Å². The third kappa shape index (κ3) is 4.00. The number of hydrogen-bond donors (Lipinski definition) is 0. The normalized spacial score (nSPS) is 18.9. The molecule has 0 N–H and O–H groups in total. The second-order valence-electron chi connectivity index (χ2n) is 6.58. The number of aromatic nitrogens is 3. The van der Waals surface area contributed by atoms with Crippen LogP contribution in [0.15, 0.2) is 22.9 Å². The molecule has 2 aromatic rings. The summed E-state index contributed by atoms with van der Waals surface area (Å²) in [4.78, 5) is 2.19. The van der Waals surface area contributed by atoms with Gasteiger partial charge in [0.15, 0.2) is 0 Å². The van der Waals surface area contributed by atoms with Gasteiger partial charge in [-0.15, -0.1) is 10.2 Å². The molecule has 3 heterocycles. The van der Waals surface area contributed by atoms with Crippen molar-refractivity contribution in [2.24, 2.45) is 0 Å². The quantitative estimate of drug-likeness (QED) is 0.818. The van der Waals surface area contributed by atoms with Gasteiger partial charge in [-0.25, -0.2) is 0 Å². The van der Waals surface area contributed by atoms with E-state index in [1.165, 1.54) is 6.42 Å². The Bertz CT molecular complexity index is 614. The molecule has 2 aromatic heterocycles. The van der Waals surface area contributed by atoms with Crippen molar-refractivity contribution < 1.29 is 9.15 Å². The molecule has 6 nitrogen and oxygen atoms in total. The van der Waals surface area contributed by atoms with Crippen LogP contribution < -0.4 is 0 Å². The summed E-state index contributed by atoms with van der Waals surface area (Å²) in [5.74, 6) is 2.90. The van der Waals surface area contributed by atoms with Crippen molar-refractivity contribution in [1.82, 2.24) is 19.7 Å². The molecule has 126 valence electrons. The fraction of sp³-hybridized carbons (Fsp3) is 0.647. The first-order valence-corrected chi connectivity index (χ1v) is 8.40. The number of rotatable bonds is 6. The minimum Gasteiger partial charge on any atom is -0.462 e. The second kappa shape index (κ2) is 7.27. The highest BCUT2D eigenvalue weighted by molar-refractivity contribution is 5.10. The maximum Gasteiger partial charge on any atom is 0.147 e. The Kier molecular flexibility index (Phi) is 5.13. The third-order valence-corrected chi connectivity index (χ3v) is 4.22. The predicted octanol–water partition coefficient (Wildman–Crippen LogP) is 3.33. The highest BCUT2D eigenvalue weighted by Crippen LogP contribution is 2.29. The van der Waals surface area contributed by atoms with E-state index in [1.807, 2.05) is 0 Å². The molecule has 0 saturated carbocycles. The predicted molar refractivity (Wildman–Crippen MR) is 86.8 cm³/mol. The second-order valence-corrected chi connectivity index (χ2v) is 6.58. The Balaban J connectivity index is 1.58. The number of furan rings is 1. The fourth-order valence-corrected chi connectivity index (χ4v) is 2.99. The summed E-state index contributed by atoms with van der Waals surface area (Å²) in [5.41, 5.74) is 0. The van der Waals surface area contributed by atoms with E-state index in [9.17, 15) is 0 Å². The van der Waals surface area contributed by atoms with Gasteiger partial charge in [-0.05, 0) is 52.3 Å². The molecule has 0 bridgehead atoms. The van der Waals surface area contributed by atoms with Crippen LogP contribution in [0.2, 0.25) is 0 Å².